The van der Waals surface area contributed by atoms with Crippen molar-refractivity contribution in [3.63, 3.8) is 0 Å². The van der Waals surface area contributed by atoms with Gasteiger partial charge in [0.1, 0.15) is 48.8 Å². The molecule has 9 N–H and O–H groups in total. The smallest absolute Gasteiger partial charge is 0.220 e. The molecule has 1 amide bonds. The third-order valence-corrected chi connectivity index (χ3v) is 16.9. The summed E-state index contributed by atoms with van der Waals surface area (Å²) in [6, 6.07) is -0.831. The number of unbranched alkanes of at least 4 members (excludes halogenated alkanes) is 39. The number of aliphatic hydroxyl groups excluding tert-OH is 8. The molecule has 2 fully saturated rings. The Balaban J connectivity index is 1.67. The third kappa shape index (κ3) is 37.6. The van der Waals surface area contributed by atoms with Crippen molar-refractivity contribution < 1.29 is 64.6 Å². The maximum absolute atomic E-state index is 13.3. The number of hydrogen-bond acceptors (Lipinski definition) is 13. The molecule has 478 valence electrons. The highest BCUT2D eigenvalue weighted by molar-refractivity contribution is 5.76. The number of nitrogens with one attached hydrogen (secondary N) is 1. The van der Waals surface area contributed by atoms with Crippen LogP contribution in [0.1, 0.15) is 303 Å². The van der Waals surface area contributed by atoms with Crippen molar-refractivity contribution in [2.45, 2.75) is 376 Å². The molecule has 0 radical (unpaired) electrons. The predicted octanol–water partition coefficient (Wildman–Crippen LogP) is 13.2. The van der Waals surface area contributed by atoms with Crippen LogP contribution in [-0.4, -0.2) is 140 Å². The van der Waals surface area contributed by atoms with Gasteiger partial charge in [0.15, 0.2) is 12.6 Å². The molecule has 0 aromatic heterocycles. The molecular weight excluding hydrogens is 1030 g/mol. The van der Waals surface area contributed by atoms with E-state index in [2.05, 4.69) is 43.5 Å². The fourth-order valence-electron chi connectivity index (χ4n) is 11.4. The Morgan fingerprint density at radius 1 is 0.444 bits per heavy atom. The van der Waals surface area contributed by atoms with Crippen LogP contribution in [0.5, 0.6) is 0 Å². The topological polar surface area (TPSA) is 228 Å². The lowest BCUT2D eigenvalue weighted by molar-refractivity contribution is -0.359. The number of rotatable bonds is 56. The minimum Gasteiger partial charge on any atom is -0.394 e. The number of aliphatic hydroxyl groups is 8. The second-order valence-corrected chi connectivity index (χ2v) is 24.3. The van der Waals surface area contributed by atoms with E-state index in [1.165, 1.54) is 212 Å². The van der Waals surface area contributed by atoms with Gasteiger partial charge in [-0.15, -0.1) is 0 Å². The minimum atomic E-state index is -1.78. The van der Waals surface area contributed by atoms with Gasteiger partial charge in [-0.3, -0.25) is 4.79 Å². The van der Waals surface area contributed by atoms with Gasteiger partial charge in [0.2, 0.25) is 5.91 Å². The van der Waals surface area contributed by atoms with Gasteiger partial charge in [-0.05, 0) is 44.9 Å². The van der Waals surface area contributed by atoms with Crippen LogP contribution in [0.3, 0.4) is 0 Å². The molecule has 2 rings (SSSR count). The lowest BCUT2D eigenvalue weighted by Crippen LogP contribution is -2.65. The molecule has 14 nitrogen and oxygen atoms in total. The lowest BCUT2D eigenvalue weighted by atomic mass is 9.97. The molecule has 0 bridgehead atoms. The molecule has 0 spiro atoms. The van der Waals surface area contributed by atoms with Gasteiger partial charge in [-0.1, -0.05) is 276 Å². The summed E-state index contributed by atoms with van der Waals surface area (Å²) >= 11 is 0. The second kappa shape index (κ2) is 52.8. The van der Waals surface area contributed by atoms with Crippen LogP contribution in [0.2, 0.25) is 0 Å². The van der Waals surface area contributed by atoms with Crippen LogP contribution in [0.25, 0.3) is 0 Å². The molecule has 2 saturated heterocycles. The van der Waals surface area contributed by atoms with E-state index in [0.29, 0.717) is 12.8 Å². The van der Waals surface area contributed by atoms with E-state index in [1.54, 1.807) is 0 Å². The lowest BCUT2D eigenvalue weighted by Gasteiger charge is -2.46. The van der Waals surface area contributed by atoms with Gasteiger partial charge >= 0.3 is 0 Å². The normalized spacial score (nSPS) is 24.2. The average molecular weight is 1150 g/mol. The number of carbonyl (C=O) groups excluding carboxylic acids is 1. The Hall–Kier alpha value is -1.53. The first-order chi connectivity index (χ1) is 39.6. The molecule has 0 aromatic rings. The molecule has 12 unspecified atom stereocenters. The van der Waals surface area contributed by atoms with Crippen molar-refractivity contribution in [3.8, 4) is 0 Å². The Kier molecular flexibility index (Phi) is 49.2. The fraction of sp³-hybridized carbons (Fsp3) is 0.925. The van der Waals surface area contributed by atoms with Crippen LogP contribution in [0.4, 0.5) is 0 Å². The van der Waals surface area contributed by atoms with E-state index < -0.39 is 86.8 Å². The summed E-state index contributed by atoms with van der Waals surface area (Å²) in [5.74, 6) is -0.207. The first-order valence-electron chi connectivity index (χ1n) is 34.1. The van der Waals surface area contributed by atoms with Crippen LogP contribution in [-0.2, 0) is 23.7 Å². The van der Waals surface area contributed by atoms with Gasteiger partial charge < -0.3 is 65.1 Å². The largest absolute Gasteiger partial charge is 0.394 e. The summed E-state index contributed by atoms with van der Waals surface area (Å²) < 4.78 is 22.9. The van der Waals surface area contributed by atoms with Crippen LogP contribution in [0, 0.1) is 0 Å². The third-order valence-electron chi connectivity index (χ3n) is 16.9. The standard InChI is InChI=1S/C67H127NO13/c1-3-5-7-9-11-13-15-17-19-21-23-24-25-26-27-28-29-30-31-33-34-36-38-40-42-44-46-48-50-56(71)55(68-59(72)51-49-47-45-43-41-39-37-35-32-22-20-18-16-14-12-10-8-6-4-2)54-78-66-64(77)62(75)65(58(53-70)80-66)81-67-63(76)61(74)60(73)57(52-69)79-67/h12,14,18,20,55-58,60-67,69-71,73-77H,3-11,13,15-17,19,21-54H2,1-2H3,(H,68,72)/b14-12-,20-18-. The van der Waals surface area contributed by atoms with Crippen LogP contribution >= 0.6 is 0 Å². The minimum absolute atomic E-state index is 0.207. The Labute approximate surface area is 494 Å². The van der Waals surface area contributed by atoms with Gasteiger partial charge in [0, 0.05) is 6.42 Å². The molecule has 14 heteroatoms. The van der Waals surface area contributed by atoms with Crippen molar-refractivity contribution in [1.82, 2.24) is 5.32 Å². The first kappa shape index (κ1) is 75.6. The molecule has 81 heavy (non-hydrogen) atoms. The van der Waals surface area contributed by atoms with Crippen molar-refractivity contribution in [3.05, 3.63) is 24.3 Å². The first-order valence-corrected chi connectivity index (χ1v) is 34.1. The highest BCUT2D eigenvalue weighted by Gasteiger charge is 2.51. The summed E-state index contributed by atoms with van der Waals surface area (Å²) in [6.07, 6.45) is 47.6. The number of ether oxygens (including phenoxy) is 4. The highest BCUT2D eigenvalue weighted by Crippen LogP contribution is 2.30. The summed E-state index contributed by atoms with van der Waals surface area (Å²) in [4.78, 5) is 13.3. The van der Waals surface area contributed by atoms with Crippen LogP contribution in [0.15, 0.2) is 24.3 Å². The molecule has 0 aliphatic carbocycles. The molecule has 2 aliphatic heterocycles. The molecule has 12 atom stereocenters. The maximum atomic E-state index is 13.3. The summed E-state index contributed by atoms with van der Waals surface area (Å²) in [5, 5.41) is 87.5. The molecule has 0 saturated carbocycles. The highest BCUT2D eigenvalue weighted by atomic mass is 16.7. The van der Waals surface area contributed by atoms with E-state index in [4.69, 9.17) is 18.9 Å². The van der Waals surface area contributed by atoms with Gasteiger partial charge in [-0.25, -0.2) is 0 Å². The maximum Gasteiger partial charge on any atom is 0.220 e. The SMILES string of the molecule is CCCCC/C=C\C/C=C\CCCCCCCCCCCC(=O)NC(COC1OC(CO)C(OC2OC(CO)C(O)C(O)C2O)C(O)C1O)C(O)CCCCCCCCCCCCCCCCCCCCCCCCCCCCCC. The van der Waals surface area contributed by atoms with Gasteiger partial charge in [0.05, 0.1) is 32.0 Å². The van der Waals surface area contributed by atoms with E-state index in [9.17, 15) is 45.6 Å². The van der Waals surface area contributed by atoms with Crippen LogP contribution < -0.4 is 5.32 Å². The fourth-order valence-corrected chi connectivity index (χ4v) is 11.4. The summed E-state index contributed by atoms with van der Waals surface area (Å²) in [7, 11) is 0. The second-order valence-electron chi connectivity index (χ2n) is 24.3. The van der Waals surface area contributed by atoms with Crippen molar-refractivity contribution in [2.75, 3.05) is 19.8 Å². The zero-order valence-electron chi connectivity index (χ0n) is 51.8. The molecule has 0 aromatic carbocycles. The number of amides is 1. The zero-order valence-corrected chi connectivity index (χ0v) is 51.8. The van der Waals surface area contributed by atoms with E-state index in [1.807, 2.05) is 0 Å². The summed E-state index contributed by atoms with van der Waals surface area (Å²) in [6.45, 7) is 2.88. The van der Waals surface area contributed by atoms with Gasteiger partial charge in [-0.2, -0.15) is 0 Å². The molecular formula is C67H127NO13. The van der Waals surface area contributed by atoms with E-state index in [-0.39, 0.29) is 12.5 Å². The molecule has 2 heterocycles. The van der Waals surface area contributed by atoms with E-state index in [0.717, 1.165) is 64.2 Å². The molecule has 2 aliphatic rings. The van der Waals surface area contributed by atoms with Crippen molar-refractivity contribution in [1.29, 1.82) is 0 Å². The number of hydrogen-bond donors (Lipinski definition) is 9. The zero-order chi connectivity index (χ0) is 58.8. The Bertz CT molecular complexity index is 1450. The van der Waals surface area contributed by atoms with E-state index >= 15 is 0 Å². The Morgan fingerprint density at radius 3 is 1.26 bits per heavy atom. The van der Waals surface area contributed by atoms with Crippen molar-refractivity contribution in [2.24, 2.45) is 0 Å². The Morgan fingerprint density at radius 2 is 0.815 bits per heavy atom. The van der Waals surface area contributed by atoms with Gasteiger partial charge in [0.25, 0.3) is 0 Å². The number of allylic oxidation sites excluding steroid dienone is 4. The predicted molar refractivity (Wildman–Crippen MR) is 328 cm³/mol. The monoisotopic (exact) mass is 1150 g/mol. The van der Waals surface area contributed by atoms with Crippen molar-refractivity contribution >= 4 is 5.91 Å². The number of carbonyl (C=O) groups is 1. The summed E-state index contributed by atoms with van der Waals surface area (Å²) in [5.41, 5.74) is 0. The quantitative estimate of drug-likeness (QED) is 0.0204. The average Bonchev–Trinajstić information content (AvgIpc) is 3.63.